The molecule has 23 heavy (non-hydrogen) atoms. The quantitative estimate of drug-likeness (QED) is 0.790. The van der Waals surface area contributed by atoms with Gasteiger partial charge in [0.25, 0.3) is 0 Å². The van der Waals surface area contributed by atoms with E-state index in [-0.39, 0.29) is 17.7 Å². The molecule has 1 aromatic carbocycles. The van der Waals surface area contributed by atoms with Gasteiger partial charge in [-0.25, -0.2) is 0 Å². The molecule has 1 N–H and O–H groups in total. The second kappa shape index (κ2) is 9.40. The highest BCUT2D eigenvalue weighted by atomic mass is 35.5. The van der Waals surface area contributed by atoms with E-state index in [9.17, 15) is 9.59 Å². The number of carbonyl (C=O) groups is 2. The Morgan fingerprint density at radius 2 is 1.96 bits per heavy atom. The van der Waals surface area contributed by atoms with E-state index in [2.05, 4.69) is 5.32 Å². The van der Waals surface area contributed by atoms with Crippen LogP contribution in [0.1, 0.15) is 33.6 Å². The molecule has 5 nitrogen and oxygen atoms in total. The van der Waals surface area contributed by atoms with Gasteiger partial charge in [0.2, 0.25) is 11.8 Å². The molecule has 1 aromatic rings. The molecule has 1 rings (SSSR count). The largest absolute Gasteiger partial charge is 0.495 e. The first-order valence-electron chi connectivity index (χ1n) is 7.83. The van der Waals surface area contributed by atoms with Crippen LogP contribution in [-0.2, 0) is 9.59 Å². The lowest BCUT2D eigenvalue weighted by Gasteiger charge is -2.24. The predicted octanol–water partition coefficient (Wildman–Crippen LogP) is 3.25. The van der Waals surface area contributed by atoms with Crippen molar-refractivity contribution in [3.63, 3.8) is 0 Å². The summed E-state index contributed by atoms with van der Waals surface area (Å²) in [5, 5.41) is 3.41. The Bertz CT molecular complexity index is 545. The van der Waals surface area contributed by atoms with Crippen molar-refractivity contribution in [2.75, 3.05) is 25.1 Å². The van der Waals surface area contributed by atoms with E-state index < -0.39 is 0 Å². The molecule has 6 heteroatoms. The SMILES string of the molecule is CCC(CC)C(=O)NCCN(C(C)=O)c1cc(Cl)ccc1OC. The molecule has 0 aliphatic heterocycles. The Labute approximate surface area is 142 Å². The summed E-state index contributed by atoms with van der Waals surface area (Å²) in [6, 6.07) is 5.11. The van der Waals surface area contributed by atoms with E-state index in [1.54, 1.807) is 30.2 Å². The summed E-state index contributed by atoms with van der Waals surface area (Å²) in [5.74, 6) is 0.469. The van der Waals surface area contributed by atoms with Crippen LogP contribution in [-0.4, -0.2) is 32.0 Å². The van der Waals surface area contributed by atoms with Crippen molar-refractivity contribution in [2.24, 2.45) is 5.92 Å². The lowest BCUT2D eigenvalue weighted by molar-refractivity contribution is -0.125. The number of methoxy groups -OCH3 is 1. The van der Waals surface area contributed by atoms with Gasteiger partial charge in [0, 0.05) is 31.0 Å². The minimum absolute atomic E-state index is 0.0153. The number of halogens is 1. The third kappa shape index (κ3) is 5.43. The van der Waals surface area contributed by atoms with E-state index in [4.69, 9.17) is 16.3 Å². The second-order valence-electron chi connectivity index (χ2n) is 5.29. The zero-order valence-electron chi connectivity index (χ0n) is 14.2. The van der Waals surface area contributed by atoms with Gasteiger partial charge in [0.05, 0.1) is 12.8 Å². The Hall–Kier alpha value is -1.75. The molecular formula is C17H25ClN2O3. The first kappa shape index (κ1) is 19.3. The highest BCUT2D eigenvalue weighted by molar-refractivity contribution is 6.31. The third-order valence-electron chi connectivity index (χ3n) is 3.80. The van der Waals surface area contributed by atoms with Gasteiger partial charge >= 0.3 is 0 Å². The number of nitrogens with one attached hydrogen (secondary N) is 1. The number of hydrogen-bond donors (Lipinski definition) is 1. The van der Waals surface area contributed by atoms with E-state index in [1.807, 2.05) is 13.8 Å². The molecule has 0 atom stereocenters. The van der Waals surface area contributed by atoms with Crippen molar-refractivity contribution in [3.8, 4) is 5.75 Å². The van der Waals surface area contributed by atoms with Gasteiger partial charge in [0.1, 0.15) is 5.75 Å². The third-order valence-corrected chi connectivity index (χ3v) is 4.04. The van der Waals surface area contributed by atoms with Gasteiger partial charge in [-0.2, -0.15) is 0 Å². The number of anilines is 1. The lowest BCUT2D eigenvalue weighted by Crippen LogP contribution is -2.39. The number of carbonyl (C=O) groups excluding carboxylic acids is 2. The Morgan fingerprint density at radius 3 is 2.48 bits per heavy atom. The lowest BCUT2D eigenvalue weighted by atomic mass is 10.0. The monoisotopic (exact) mass is 340 g/mol. The molecule has 0 fully saturated rings. The molecule has 0 heterocycles. The van der Waals surface area contributed by atoms with Crippen molar-refractivity contribution in [1.82, 2.24) is 5.32 Å². The summed E-state index contributed by atoms with van der Waals surface area (Å²) in [7, 11) is 1.54. The molecule has 0 aliphatic carbocycles. The number of amides is 2. The second-order valence-corrected chi connectivity index (χ2v) is 5.73. The van der Waals surface area contributed by atoms with Crippen molar-refractivity contribution in [2.45, 2.75) is 33.6 Å². The van der Waals surface area contributed by atoms with Gasteiger partial charge in [-0.15, -0.1) is 0 Å². The fourth-order valence-corrected chi connectivity index (χ4v) is 2.58. The van der Waals surface area contributed by atoms with Gasteiger partial charge in [0.15, 0.2) is 0 Å². The zero-order valence-corrected chi connectivity index (χ0v) is 14.9. The van der Waals surface area contributed by atoms with Crippen LogP contribution in [0, 0.1) is 5.92 Å². The maximum atomic E-state index is 12.0. The highest BCUT2D eigenvalue weighted by Crippen LogP contribution is 2.31. The molecule has 0 spiro atoms. The topological polar surface area (TPSA) is 58.6 Å². The van der Waals surface area contributed by atoms with Gasteiger partial charge in [-0.1, -0.05) is 25.4 Å². The number of benzene rings is 1. The summed E-state index contributed by atoms with van der Waals surface area (Å²) in [6.07, 6.45) is 1.61. The van der Waals surface area contributed by atoms with Crippen molar-refractivity contribution in [3.05, 3.63) is 23.2 Å². The molecule has 0 bridgehead atoms. The molecule has 0 radical (unpaired) electrons. The standard InChI is InChI=1S/C17H25ClN2O3/c1-5-13(6-2)17(22)19-9-10-20(12(3)21)15-11-14(18)7-8-16(15)23-4/h7-8,11,13H,5-6,9-10H2,1-4H3,(H,19,22). The average molecular weight is 341 g/mol. The van der Waals surface area contributed by atoms with Gasteiger partial charge in [-0.3, -0.25) is 9.59 Å². The van der Waals surface area contributed by atoms with Crippen LogP contribution < -0.4 is 15.0 Å². The van der Waals surface area contributed by atoms with Crippen LogP contribution in [0.25, 0.3) is 0 Å². The first-order valence-corrected chi connectivity index (χ1v) is 8.21. The van der Waals surface area contributed by atoms with Crippen LogP contribution in [0.3, 0.4) is 0 Å². The molecule has 0 saturated carbocycles. The van der Waals surface area contributed by atoms with Gasteiger partial charge in [-0.05, 0) is 31.0 Å². The Balaban J connectivity index is 2.79. The molecule has 0 saturated heterocycles. The smallest absolute Gasteiger partial charge is 0.224 e. The molecule has 0 unspecified atom stereocenters. The van der Waals surface area contributed by atoms with Crippen molar-refractivity contribution >= 4 is 29.1 Å². The van der Waals surface area contributed by atoms with Crippen LogP contribution in [0.2, 0.25) is 5.02 Å². The number of nitrogens with zero attached hydrogens (tertiary/aromatic N) is 1. The maximum Gasteiger partial charge on any atom is 0.224 e. The van der Waals surface area contributed by atoms with Crippen LogP contribution in [0.4, 0.5) is 5.69 Å². The van der Waals surface area contributed by atoms with E-state index >= 15 is 0 Å². The molecule has 0 aromatic heterocycles. The Morgan fingerprint density at radius 1 is 1.30 bits per heavy atom. The first-order chi connectivity index (χ1) is 10.9. The summed E-state index contributed by atoms with van der Waals surface area (Å²) in [6.45, 7) is 6.20. The fourth-order valence-electron chi connectivity index (χ4n) is 2.42. The summed E-state index contributed by atoms with van der Waals surface area (Å²) in [4.78, 5) is 25.5. The molecule has 0 aliphatic rings. The molecule has 2 amide bonds. The maximum absolute atomic E-state index is 12.0. The summed E-state index contributed by atoms with van der Waals surface area (Å²) in [5.41, 5.74) is 0.601. The molecule has 128 valence electrons. The van der Waals surface area contributed by atoms with E-state index in [0.29, 0.717) is 29.5 Å². The van der Waals surface area contributed by atoms with Gasteiger partial charge < -0.3 is 15.0 Å². The summed E-state index contributed by atoms with van der Waals surface area (Å²) < 4.78 is 5.29. The molecular weight excluding hydrogens is 316 g/mol. The number of ether oxygens (including phenoxy) is 1. The van der Waals surface area contributed by atoms with Crippen molar-refractivity contribution < 1.29 is 14.3 Å². The minimum atomic E-state index is -0.137. The van der Waals surface area contributed by atoms with Crippen LogP contribution in [0.5, 0.6) is 5.75 Å². The van der Waals surface area contributed by atoms with E-state index in [1.165, 1.54) is 6.92 Å². The fraction of sp³-hybridized carbons (Fsp3) is 0.529. The number of rotatable bonds is 8. The minimum Gasteiger partial charge on any atom is -0.495 e. The average Bonchev–Trinajstić information content (AvgIpc) is 2.52. The van der Waals surface area contributed by atoms with E-state index in [0.717, 1.165) is 12.8 Å². The number of hydrogen-bond acceptors (Lipinski definition) is 3. The summed E-state index contributed by atoms with van der Waals surface area (Å²) >= 11 is 6.02. The Kier molecular flexibility index (Phi) is 7.89. The normalized spacial score (nSPS) is 10.5. The zero-order chi connectivity index (χ0) is 17.4. The van der Waals surface area contributed by atoms with Crippen LogP contribution in [0.15, 0.2) is 18.2 Å². The van der Waals surface area contributed by atoms with Crippen LogP contribution >= 0.6 is 11.6 Å². The van der Waals surface area contributed by atoms with Crippen molar-refractivity contribution in [1.29, 1.82) is 0 Å². The predicted molar refractivity (Wildman–Crippen MR) is 93.1 cm³/mol. The highest BCUT2D eigenvalue weighted by Gasteiger charge is 2.18.